The molecular weight excluding hydrogens is 220 g/mol. The Labute approximate surface area is 111 Å². The predicted octanol–water partition coefficient (Wildman–Crippen LogP) is 2.82. The number of likely N-dealkylation sites (tertiary alicyclic amines) is 1. The van der Waals surface area contributed by atoms with Crippen molar-refractivity contribution in [3.63, 3.8) is 0 Å². The summed E-state index contributed by atoms with van der Waals surface area (Å²) < 4.78 is 0. The fraction of sp³-hybridized carbons (Fsp3) is 0.625. The second kappa shape index (κ2) is 5.85. The van der Waals surface area contributed by atoms with Crippen LogP contribution in [0.1, 0.15) is 30.9 Å². The number of benzene rings is 1. The van der Waals surface area contributed by atoms with Crippen molar-refractivity contribution in [1.82, 2.24) is 10.2 Å². The lowest BCUT2D eigenvalue weighted by Crippen LogP contribution is -2.41. The summed E-state index contributed by atoms with van der Waals surface area (Å²) in [5.74, 6) is 0. The van der Waals surface area contributed by atoms with Crippen molar-refractivity contribution in [2.75, 3.05) is 26.7 Å². The van der Waals surface area contributed by atoms with Crippen LogP contribution >= 0.6 is 0 Å². The smallest absolute Gasteiger partial charge is 0.0205 e. The summed E-state index contributed by atoms with van der Waals surface area (Å²) in [6, 6.07) is 8.77. The summed E-state index contributed by atoms with van der Waals surface area (Å²) in [5, 5.41) is 3.64. The van der Waals surface area contributed by atoms with E-state index in [0.717, 1.165) is 13.1 Å². The van der Waals surface area contributed by atoms with E-state index in [4.69, 9.17) is 0 Å². The quantitative estimate of drug-likeness (QED) is 0.879. The maximum atomic E-state index is 3.64. The molecule has 18 heavy (non-hydrogen) atoms. The fourth-order valence-electron chi connectivity index (χ4n) is 2.67. The van der Waals surface area contributed by atoms with Crippen LogP contribution in [0.25, 0.3) is 0 Å². The Morgan fingerprint density at radius 2 is 2.00 bits per heavy atom. The molecule has 1 aromatic rings. The van der Waals surface area contributed by atoms with Gasteiger partial charge in [0.1, 0.15) is 0 Å². The van der Waals surface area contributed by atoms with Gasteiger partial charge in [-0.1, -0.05) is 36.8 Å². The van der Waals surface area contributed by atoms with E-state index >= 15 is 0 Å². The lowest BCUT2D eigenvalue weighted by Gasteiger charge is -2.38. The van der Waals surface area contributed by atoms with Gasteiger partial charge in [-0.25, -0.2) is 0 Å². The highest BCUT2D eigenvalue weighted by Crippen LogP contribution is 2.29. The maximum absolute atomic E-state index is 3.64. The zero-order valence-electron chi connectivity index (χ0n) is 12.0. The van der Waals surface area contributed by atoms with E-state index in [1.54, 1.807) is 0 Å². The molecule has 1 N–H and O–H groups in total. The molecule has 2 nitrogen and oxygen atoms in total. The number of hydrogen-bond acceptors (Lipinski definition) is 2. The number of nitrogens with one attached hydrogen (secondary N) is 1. The average molecular weight is 246 g/mol. The van der Waals surface area contributed by atoms with Gasteiger partial charge in [-0.05, 0) is 50.9 Å². The zero-order valence-corrected chi connectivity index (χ0v) is 12.0. The first-order chi connectivity index (χ1) is 8.57. The Morgan fingerprint density at radius 1 is 1.28 bits per heavy atom. The Kier molecular flexibility index (Phi) is 4.41. The first kappa shape index (κ1) is 13.6. The molecule has 1 aromatic carbocycles. The molecule has 0 aromatic heterocycles. The molecule has 0 amide bonds. The van der Waals surface area contributed by atoms with Crippen LogP contribution in [0.3, 0.4) is 0 Å². The number of nitrogens with zero attached hydrogens (tertiary/aromatic N) is 1. The average Bonchev–Trinajstić information content (AvgIpc) is 2.34. The molecule has 0 aliphatic carbocycles. The van der Waals surface area contributed by atoms with Crippen LogP contribution in [-0.4, -0.2) is 31.6 Å². The van der Waals surface area contributed by atoms with Crippen LogP contribution in [0.5, 0.6) is 0 Å². The molecule has 1 heterocycles. The largest absolute Gasteiger partial charge is 0.312 e. The van der Waals surface area contributed by atoms with Gasteiger partial charge in [0.25, 0.3) is 0 Å². The van der Waals surface area contributed by atoms with E-state index in [1.165, 1.54) is 37.1 Å². The second-order valence-electron chi connectivity index (χ2n) is 6.21. The molecule has 0 spiro atoms. The van der Waals surface area contributed by atoms with Crippen LogP contribution in [0.15, 0.2) is 24.3 Å². The second-order valence-corrected chi connectivity index (χ2v) is 6.21. The topological polar surface area (TPSA) is 15.3 Å². The first-order valence-corrected chi connectivity index (χ1v) is 7.02. The highest BCUT2D eigenvalue weighted by atomic mass is 15.1. The number of rotatable bonds is 4. The van der Waals surface area contributed by atoms with E-state index in [1.807, 2.05) is 0 Å². The minimum absolute atomic E-state index is 0.482. The van der Waals surface area contributed by atoms with Crippen molar-refractivity contribution >= 4 is 0 Å². The molecule has 1 aliphatic heterocycles. The van der Waals surface area contributed by atoms with E-state index in [9.17, 15) is 0 Å². The highest BCUT2D eigenvalue weighted by molar-refractivity contribution is 5.21. The third-order valence-corrected chi connectivity index (χ3v) is 4.16. The summed E-state index contributed by atoms with van der Waals surface area (Å²) in [5.41, 5.74) is 3.22. The van der Waals surface area contributed by atoms with Crippen LogP contribution < -0.4 is 5.32 Å². The van der Waals surface area contributed by atoms with Crippen LogP contribution in [0.4, 0.5) is 0 Å². The van der Waals surface area contributed by atoms with Crippen molar-refractivity contribution in [3.05, 3.63) is 35.4 Å². The van der Waals surface area contributed by atoms with Gasteiger partial charge in [-0.15, -0.1) is 0 Å². The Bertz CT molecular complexity index is 378. The number of hydrogen-bond donors (Lipinski definition) is 1. The molecule has 2 rings (SSSR count). The highest BCUT2D eigenvalue weighted by Gasteiger charge is 2.28. The molecule has 1 aliphatic rings. The molecule has 1 fully saturated rings. The standard InChI is InChI=1S/C16H26N2/c1-14-5-4-6-15(11-14)12-17-13-16(2)7-9-18(3)10-8-16/h4-6,11,17H,7-10,12-13H2,1-3H3. The lowest BCUT2D eigenvalue weighted by molar-refractivity contribution is 0.137. The molecular formula is C16H26N2. The third-order valence-electron chi connectivity index (χ3n) is 4.16. The molecule has 0 radical (unpaired) electrons. The first-order valence-electron chi connectivity index (χ1n) is 7.02. The van der Waals surface area contributed by atoms with E-state index in [-0.39, 0.29) is 0 Å². The Morgan fingerprint density at radius 3 is 2.67 bits per heavy atom. The lowest BCUT2D eigenvalue weighted by atomic mass is 9.80. The molecule has 0 bridgehead atoms. The van der Waals surface area contributed by atoms with Crippen molar-refractivity contribution < 1.29 is 0 Å². The number of piperidine rings is 1. The molecule has 2 heteroatoms. The molecule has 100 valence electrons. The number of aryl methyl sites for hydroxylation is 1. The van der Waals surface area contributed by atoms with Crippen molar-refractivity contribution in [1.29, 1.82) is 0 Å². The third kappa shape index (κ3) is 3.82. The van der Waals surface area contributed by atoms with Gasteiger partial charge in [0.05, 0.1) is 0 Å². The summed E-state index contributed by atoms with van der Waals surface area (Å²) in [6.45, 7) is 9.18. The molecule has 0 saturated carbocycles. The predicted molar refractivity (Wildman–Crippen MR) is 77.7 cm³/mol. The van der Waals surface area contributed by atoms with Gasteiger partial charge < -0.3 is 10.2 Å². The van der Waals surface area contributed by atoms with Gasteiger partial charge in [-0.3, -0.25) is 0 Å². The van der Waals surface area contributed by atoms with Crippen molar-refractivity contribution in [2.24, 2.45) is 5.41 Å². The Hall–Kier alpha value is -0.860. The summed E-state index contributed by atoms with van der Waals surface area (Å²) in [4.78, 5) is 2.43. The van der Waals surface area contributed by atoms with Crippen LogP contribution in [-0.2, 0) is 6.54 Å². The van der Waals surface area contributed by atoms with E-state index in [2.05, 4.69) is 55.4 Å². The van der Waals surface area contributed by atoms with Gasteiger partial charge in [0.15, 0.2) is 0 Å². The van der Waals surface area contributed by atoms with Crippen LogP contribution in [0, 0.1) is 12.3 Å². The minimum Gasteiger partial charge on any atom is -0.312 e. The maximum Gasteiger partial charge on any atom is 0.0205 e. The summed E-state index contributed by atoms with van der Waals surface area (Å²) in [6.07, 6.45) is 2.62. The summed E-state index contributed by atoms with van der Waals surface area (Å²) in [7, 11) is 2.22. The summed E-state index contributed by atoms with van der Waals surface area (Å²) >= 11 is 0. The van der Waals surface area contributed by atoms with Crippen LogP contribution in [0.2, 0.25) is 0 Å². The van der Waals surface area contributed by atoms with Gasteiger partial charge in [0.2, 0.25) is 0 Å². The SMILES string of the molecule is Cc1cccc(CNCC2(C)CCN(C)CC2)c1. The van der Waals surface area contributed by atoms with E-state index in [0.29, 0.717) is 5.41 Å². The molecule has 0 unspecified atom stereocenters. The zero-order chi connectivity index (χ0) is 13.0. The van der Waals surface area contributed by atoms with Gasteiger partial charge in [-0.2, -0.15) is 0 Å². The molecule has 0 atom stereocenters. The van der Waals surface area contributed by atoms with Gasteiger partial charge >= 0.3 is 0 Å². The molecule has 1 saturated heterocycles. The van der Waals surface area contributed by atoms with Crippen molar-refractivity contribution in [2.45, 2.75) is 33.2 Å². The minimum atomic E-state index is 0.482. The fourth-order valence-corrected chi connectivity index (χ4v) is 2.67. The van der Waals surface area contributed by atoms with Crippen molar-refractivity contribution in [3.8, 4) is 0 Å². The monoisotopic (exact) mass is 246 g/mol. The normalized spacial score (nSPS) is 19.9. The van der Waals surface area contributed by atoms with Gasteiger partial charge in [0, 0.05) is 13.1 Å². The van der Waals surface area contributed by atoms with E-state index < -0.39 is 0 Å². The Balaban J connectivity index is 1.78.